The summed E-state index contributed by atoms with van der Waals surface area (Å²) >= 11 is 11.9. The van der Waals surface area contributed by atoms with E-state index < -0.39 is 26.4 Å². The second kappa shape index (κ2) is 8.05. The van der Waals surface area contributed by atoms with E-state index in [9.17, 15) is 21.6 Å². The molecule has 1 aliphatic rings. The van der Waals surface area contributed by atoms with E-state index >= 15 is 0 Å². The Morgan fingerprint density at radius 1 is 1.28 bits per heavy atom. The first kappa shape index (κ1) is 22.3. The third-order valence-electron chi connectivity index (χ3n) is 4.47. The third-order valence-corrected chi connectivity index (χ3v) is 7.32. The van der Waals surface area contributed by atoms with Crippen molar-refractivity contribution in [2.45, 2.75) is 36.8 Å². The van der Waals surface area contributed by atoms with Crippen molar-refractivity contribution in [3.63, 3.8) is 0 Å². The van der Waals surface area contributed by atoms with Gasteiger partial charge in [0.1, 0.15) is 4.33 Å². The highest BCUT2D eigenvalue weighted by atomic mass is 35.5. The maximum Gasteiger partial charge on any atom is 0.471 e. The molecule has 6 nitrogen and oxygen atoms in total. The molecule has 0 saturated heterocycles. The molecule has 0 radical (unpaired) electrons. The zero-order valence-corrected chi connectivity index (χ0v) is 17.6. The summed E-state index contributed by atoms with van der Waals surface area (Å²) in [6, 6.07) is 6.25. The van der Waals surface area contributed by atoms with Crippen LogP contribution in [0.1, 0.15) is 31.2 Å². The molecule has 160 valence electrons. The Labute approximate surface area is 176 Å². The summed E-state index contributed by atoms with van der Waals surface area (Å²) in [5.74, 6) is -2.04. The second-order valence-electron chi connectivity index (χ2n) is 6.89. The number of halogens is 5. The van der Waals surface area contributed by atoms with Crippen LogP contribution in [0.15, 0.2) is 28.8 Å². The summed E-state index contributed by atoms with van der Waals surface area (Å²) < 4.78 is 67.8. The summed E-state index contributed by atoms with van der Waals surface area (Å²) in [6.45, 7) is 2.32. The van der Waals surface area contributed by atoms with Gasteiger partial charge in [0.25, 0.3) is 0 Å². The Morgan fingerprint density at radius 2 is 1.90 bits per heavy atom. The van der Waals surface area contributed by atoms with Crippen molar-refractivity contribution in [1.29, 1.82) is 0 Å². The van der Waals surface area contributed by atoms with Crippen LogP contribution in [0.5, 0.6) is 0 Å². The largest absolute Gasteiger partial charge is 0.471 e. The van der Waals surface area contributed by atoms with Gasteiger partial charge in [-0.1, -0.05) is 36.3 Å². The van der Waals surface area contributed by atoms with Gasteiger partial charge in [-0.3, -0.25) is 0 Å². The minimum Gasteiger partial charge on any atom is -0.329 e. The van der Waals surface area contributed by atoms with Gasteiger partial charge in [-0.15, -0.1) is 23.2 Å². The van der Waals surface area contributed by atoms with Crippen LogP contribution < -0.4 is 0 Å². The lowest BCUT2D eigenvalue weighted by Gasteiger charge is -2.22. The normalized spacial score (nSPS) is 18.9. The van der Waals surface area contributed by atoms with Gasteiger partial charge < -0.3 is 4.52 Å². The minimum absolute atomic E-state index is 0.124. The molecule has 1 unspecified atom stereocenters. The average Bonchev–Trinajstić information content (AvgIpc) is 3.01. The van der Waals surface area contributed by atoms with Crippen molar-refractivity contribution in [3.8, 4) is 11.4 Å². The van der Waals surface area contributed by atoms with Crippen LogP contribution in [0.3, 0.4) is 0 Å². The van der Waals surface area contributed by atoms with Gasteiger partial charge in [0.2, 0.25) is 15.8 Å². The highest BCUT2D eigenvalue weighted by Crippen LogP contribution is 2.53. The fourth-order valence-electron chi connectivity index (χ4n) is 2.79. The monoisotopic (exact) mass is 471 g/mol. The first-order valence-electron chi connectivity index (χ1n) is 8.78. The molecule has 3 rings (SSSR count). The van der Waals surface area contributed by atoms with Crippen molar-refractivity contribution in [3.05, 3.63) is 35.7 Å². The topological polar surface area (TPSA) is 76.3 Å². The molecule has 1 aliphatic carbocycles. The van der Waals surface area contributed by atoms with Gasteiger partial charge in [-0.2, -0.15) is 22.5 Å². The van der Waals surface area contributed by atoms with E-state index in [1.165, 1.54) is 16.4 Å². The van der Waals surface area contributed by atoms with E-state index in [1.807, 2.05) is 6.92 Å². The quantitative estimate of drug-likeness (QED) is 0.530. The van der Waals surface area contributed by atoms with Gasteiger partial charge in [-0.25, -0.2) is 8.42 Å². The van der Waals surface area contributed by atoms with Crippen molar-refractivity contribution in [1.82, 2.24) is 14.4 Å². The maximum atomic E-state index is 12.7. The average molecular weight is 472 g/mol. The predicted molar refractivity (Wildman–Crippen MR) is 102 cm³/mol. The lowest BCUT2D eigenvalue weighted by Crippen LogP contribution is -2.34. The molecule has 0 spiro atoms. The molecule has 12 heteroatoms. The van der Waals surface area contributed by atoms with Crippen LogP contribution in [-0.2, 0) is 22.7 Å². The summed E-state index contributed by atoms with van der Waals surface area (Å²) in [5.41, 5.74) is 0.995. The van der Waals surface area contributed by atoms with Crippen LogP contribution in [0, 0.1) is 5.92 Å². The van der Waals surface area contributed by atoms with Crippen molar-refractivity contribution in [2.75, 3.05) is 12.3 Å². The van der Waals surface area contributed by atoms with E-state index in [0.717, 1.165) is 0 Å². The number of aromatic nitrogens is 2. The highest BCUT2D eigenvalue weighted by molar-refractivity contribution is 7.89. The molecule has 1 saturated carbocycles. The van der Waals surface area contributed by atoms with Crippen LogP contribution in [-0.4, -0.2) is 39.5 Å². The van der Waals surface area contributed by atoms with Crippen molar-refractivity contribution >= 4 is 33.2 Å². The van der Waals surface area contributed by atoms with Gasteiger partial charge in [0.05, 0.1) is 5.75 Å². The van der Waals surface area contributed by atoms with Gasteiger partial charge in [0.15, 0.2) is 0 Å². The minimum atomic E-state index is -4.72. The standard InChI is InChI=1S/C17H18Cl2F3N3O3S/c1-2-7-25(29(26,27)10-13-8-16(13,18)19)9-11-3-5-12(6-4-11)14-23-15(28-24-14)17(20,21)22/h3-6,13H,2,7-10H2,1H3. The van der Waals surface area contributed by atoms with E-state index in [-0.39, 0.29) is 24.0 Å². The molecular weight excluding hydrogens is 454 g/mol. The Bertz CT molecular complexity index is 962. The highest BCUT2D eigenvalue weighted by Gasteiger charge is 2.53. The summed E-state index contributed by atoms with van der Waals surface area (Å²) in [6.07, 6.45) is -3.65. The Kier molecular flexibility index (Phi) is 6.20. The summed E-state index contributed by atoms with van der Waals surface area (Å²) in [4.78, 5) is 3.33. The number of nitrogens with zero attached hydrogens (tertiary/aromatic N) is 3. The Balaban J connectivity index is 1.72. The summed E-state index contributed by atoms with van der Waals surface area (Å²) in [5, 5.41) is 3.33. The predicted octanol–water partition coefficient (Wildman–Crippen LogP) is 4.49. The SMILES string of the molecule is CCCN(Cc1ccc(-c2noc(C(F)(F)F)n2)cc1)S(=O)(=O)CC1CC1(Cl)Cl. The molecule has 1 aromatic carbocycles. The molecule has 0 bridgehead atoms. The number of benzene rings is 1. The van der Waals surface area contributed by atoms with Crippen LogP contribution in [0.25, 0.3) is 11.4 Å². The zero-order valence-electron chi connectivity index (χ0n) is 15.3. The van der Waals surface area contributed by atoms with E-state index in [2.05, 4.69) is 14.7 Å². The molecule has 2 aromatic rings. The second-order valence-corrected chi connectivity index (χ2v) is 10.4. The third kappa shape index (κ3) is 5.42. The lowest BCUT2D eigenvalue weighted by atomic mass is 10.1. The van der Waals surface area contributed by atoms with Crippen molar-refractivity contribution in [2.24, 2.45) is 5.92 Å². The van der Waals surface area contributed by atoms with E-state index in [1.54, 1.807) is 12.1 Å². The molecule has 29 heavy (non-hydrogen) atoms. The first-order valence-corrected chi connectivity index (χ1v) is 11.1. The Morgan fingerprint density at radius 3 is 2.38 bits per heavy atom. The number of rotatable bonds is 8. The molecule has 0 aliphatic heterocycles. The molecule has 1 atom stereocenters. The first-order chi connectivity index (χ1) is 13.4. The van der Waals surface area contributed by atoms with Gasteiger partial charge in [0, 0.05) is 24.6 Å². The number of hydrogen-bond donors (Lipinski definition) is 0. The fraction of sp³-hybridized carbons (Fsp3) is 0.529. The number of sulfonamides is 1. The molecule has 0 N–H and O–H groups in total. The smallest absolute Gasteiger partial charge is 0.329 e. The van der Waals surface area contributed by atoms with Crippen LogP contribution in [0.4, 0.5) is 13.2 Å². The van der Waals surface area contributed by atoms with E-state index in [4.69, 9.17) is 23.2 Å². The van der Waals surface area contributed by atoms with Crippen molar-refractivity contribution < 1.29 is 26.1 Å². The molecular formula is C17H18Cl2F3N3O3S. The molecule has 1 heterocycles. The van der Waals surface area contributed by atoms with Gasteiger partial charge >= 0.3 is 12.1 Å². The zero-order chi connectivity index (χ0) is 21.4. The summed E-state index contributed by atoms with van der Waals surface area (Å²) in [7, 11) is -3.57. The number of hydrogen-bond acceptors (Lipinski definition) is 5. The molecule has 1 fully saturated rings. The maximum absolute atomic E-state index is 12.7. The van der Waals surface area contributed by atoms with Crippen LogP contribution in [0.2, 0.25) is 0 Å². The Hall–Kier alpha value is -1.36. The van der Waals surface area contributed by atoms with Crippen LogP contribution >= 0.6 is 23.2 Å². The van der Waals surface area contributed by atoms with E-state index in [0.29, 0.717) is 30.5 Å². The molecule has 0 amide bonds. The van der Waals surface area contributed by atoms with Gasteiger partial charge in [-0.05, 0) is 18.4 Å². The number of alkyl halides is 5. The fourth-order valence-corrected chi connectivity index (χ4v) is 5.43. The lowest BCUT2D eigenvalue weighted by molar-refractivity contribution is -0.159. The molecule has 1 aromatic heterocycles.